The van der Waals surface area contributed by atoms with E-state index in [1.807, 2.05) is 5.43 Å². The molecule has 0 saturated carbocycles. The second kappa shape index (κ2) is 5.47. The zero-order chi connectivity index (χ0) is 13.1. The van der Waals surface area contributed by atoms with Crippen LogP contribution in [0.15, 0.2) is 10.6 Å². The van der Waals surface area contributed by atoms with Crippen LogP contribution in [-0.2, 0) is 6.54 Å². The molecule has 0 radical (unpaired) electrons. The molecule has 0 aromatic carbocycles. The molecule has 1 aliphatic heterocycles. The second-order valence-electron chi connectivity index (χ2n) is 4.64. The molecule has 1 fully saturated rings. The molecular formula is C11H18N4O3. The van der Waals surface area contributed by atoms with Gasteiger partial charge in [0.05, 0.1) is 13.2 Å². The molecule has 0 aliphatic carbocycles. The maximum absolute atomic E-state index is 11.2. The van der Waals surface area contributed by atoms with Crippen LogP contribution in [0, 0.1) is 5.92 Å². The van der Waals surface area contributed by atoms with Crippen LogP contribution >= 0.6 is 0 Å². The molecule has 1 aromatic rings. The number of aliphatic hydroxyl groups is 1. The van der Waals surface area contributed by atoms with Gasteiger partial charge < -0.3 is 9.63 Å². The highest BCUT2D eigenvalue weighted by Gasteiger charge is 2.31. The highest BCUT2D eigenvalue weighted by molar-refractivity contribution is 5.91. The Morgan fingerprint density at radius 3 is 3.22 bits per heavy atom. The lowest BCUT2D eigenvalue weighted by Crippen LogP contribution is -2.34. The molecular weight excluding hydrogens is 236 g/mol. The summed E-state index contributed by atoms with van der Waals surface area (Å²) < 4.78 is 5.09. The minimum atomic E-state index is -0.474. The molecule has 1 aliphatic rings. The topological polar surface area (TPSA) is 105 Å². The molecule has 4 N–H and O–H groups in total. The van der Waals surface area contributed by atoms with E-state index in [2.05, 4.69) is 17.0 Å². The third-order valence-corrected chi connectivity index (χ3v) is 3.47. The van der Waals surface area contributed by atoms with E-state index in [9.17, 15) is 9.90 Å². The van der Waals surface area contributed by atoms with Gasteiger partial charge in [-0.1, -0.05) is 12.1 Å². The molecule has 7 nitrogen and oxygen atoms in total. The lowest BCUT2D eigenvalue weighted by Gasteiger charge is -2.23. The van der Waals surface area contributed by atoms with Crippen molar-refractivity contribution in [3.63, 3.8) is 0 Å². The van der Waals surface area contributed by atoms with Crippen LogP contribution in [0.25, 0.3) is 0 Å². The van der Waals surface area contributed by atoms with Crippen molar-refractivity contribution in [3.05, 3.63) is 17.5 Å². The Morgan fingerprint density at radius 2 is 2.56 bits per heavy atom. The van der Waals surface area contributed by atoms with E-state index in [4.69, 9.17) is 10.4 Å². The van der Waals surface area contributed by atoms with Gasteiger partial charge in [0, 0.05) is 12.1 Å². The normalized spacial score (nSPS) is 24.4. The van der Waals surface area contributed by atoms with Crippen molar-refractivity contribution < 1.29 is 14.4 Å². The van der Waals surface area contributed by atoms with E-state index in [1.165, 1.54) is 0 Å². The number of nitrogens with zero attached hydrogens (tertiary/aromatic N) is 2. The van der Waals surface area contributed by atoms with Crippen LogP contribution in [0.2, 0.25) is 0 Å². The number of hydrogen-bond acceptors (Lipinski definition) is 6. The van der Waals surface area contributed by atoms with Crippen LogP contribution in [0.5, 0.6) is 0 Å². The molecule has 1 aromatic heterocycles. The summed E-state index contributed by atoms with van der Waals surface area (Å²) in [5.74, 6) is 5.60. The summed E-state index contributed by atoms with van der Waals surface area (Å²) in [4.78, 5) is 13.4. The van der Waals surface area contributed by atoms with Gasteiger partial charge in [0.1, 0.15) is 0 Å². The average Bonchev–Trinajstić information content (AvgIpc) is 2.96. The Labute approximate surface area is 105 Å². The Bertz CT molecular complexity index is 420. The first-order valence-corrected chi connectivity index (χ1v) is 5.97. The fourth-order valence-corrected chi connectivity index (χ4v) is 2.35. The van der Waals surface area contributed by atoms with Gasteiger partial charge in [-0.2, -0.15) is 0 Å². The molecule has 2 heterocycles. The number of nitrogens with two attached hydrogens (primary N) is 1. The fraction of sp³-hybridized carbons (Fsp3) is 0.636. The van der Waals surface area contributed by atoms with Crippen molar-refractivity contribution in [1.82, 2.24) is 15.5 Å². The van der Waals surface area contributed by atoms with Crippen molar-refractivity contribution >= 4 is 5.91 Å². The van der Waals surface area contributed by atoms with Gasteiger partial charge in [-0.15, -0.1) is 0 Å². The van der Waals surface area contributed by atoms with Crippen LogP contribution in [0.1, 0.15) is 29.6 Å². The molecule has 2 rings (SSSR count). The predicted molar refractivity (Wildman–Crippen MR) is 63.2 cm³/mol. The number of rotatable bonds is 4. The van der Waals surface area contributed by atoms with Gasteiger partial charge in [-0.3, -0.25) is 15.1 Å². The van der Waals surface area contributed by atoms with Crippen molar-refractivity contribution in [2.75, 3.05) is 13.2 Å². The van der Waals surface area contributed by atoms with Gasteiger partial charge in [0.15, 0.2) is 11.5 Å². The van der Waals surface area contributed by atoms with E-state index in [0.717, 1.165) is 13.0 Å². The zero-order valence-corrected chi connectivity index (χ0v) is 10.3. The molecule has 18 heavy (non-hydrogen) atoms. The standard InChI is InChI=1S/C11H18N4O3/c1-7-2-3-15(10(7)6-16)5-8-4-9(14-18-8)11(17)13-12/h4,7,10,16H,2-3,5-6,12H2,1H3,(H,13,17). The zero-order valence-electron chi connectivity index (χ0n) is 10.3. The van der Waals surface area contributed by atoms with Crippen molar-refractivity contribution in [1.29, 1.82) is 0 Å². The lowest BCUT2D eigenvalue weighted by molar-refractivity contribution is 0.0944. The summed E-state index contributed by atoms with van der Waals surface area (Å²) in [5, 5.41) is 13.0. The van der Waals surface area contributed by atoms with E-state index < -0.39 is 5.91 Å². The SMILES string of the molecule is CC1CCN(Cc2cc(C(=O)NN)no2)C1CO. The number of amides is 1. The highest BCUT2D eigenvalue weighted by atomic mass is 16.5. The van der Waals surface area contributed by atoms with Crippen LogP contribution in [0.3, 0.4) is 0 Å². The lowest BCUT2D eigenvalue weighted by atomic mass is 10.0. The van der Waals surface area contributed by atoms with E-state index in [0.29, 0.717) is 18.2 Å². The van der Waals surface area contributed by atoms with Gasteiger partial charge >= 0.3 is 0 Å². The minimum absolute atomic E-state index is 0.130. The predicted octanol–water partition coefficient (Wildman–Crippen LogP) is -0.519. The van der Waals surface area contributed by atoms with Crippen molar-refractivity contribution in [2.45, 2.75) is 25.9 Å². The Kier molecular flexibility index (Phi) is 3.95. The molecule has 7 heteroatoms. The van der Waals surface area contributed by atoms with E-state index >= 15 is 0 Å². The fourth-order valence-electron chi connectivity index (χ4n) is 2.35. The van der Waals surface area contributed by atoms with Crippen LogP contribution in [0.4, 0.5) is 0 Å². The summed E-state index contributed by atoms with van der Waals surface area (Å²) in [5.41, 5.74) is 2.17. The average molecular weight is 254 g/mol. The molecule has 0 spiro atoms. The van der Waals surface area contributed by atoms with Crippen LogP contribution < -0.4 is 11.3 Å². The number of nitrogens with one attached hydrogen (secondary N) is 1. The summed E-state index contributed by atoms with van der Waals surface area (Å²) in [7, 11) is 0. The number of aliphatic hydroxyl groups excluding tert-OH is 1. The number of aromatic nitrogens is 1. The van der Waals surface area contributed by atoms with Crippen molar-refractivity contribution in [3.8, 4) is 0 Å². The van der Waals surface area contributed by atoms with Gasteiger partial charge in [0.25, 0.3) is 5.91 Å². The number of nitrogen functional groups attached to an aromatic ring is 1. The number of hydrogen-bond donors (Lipinski definition) is 3. The first-order chi connectivity index (χ1) is 8.65. The Balaban J connectivity index is 2.01. The second-order valence-corrected chi connectivity index (χ2v) is 4.64. The summed E-state index contributed by atoms with van der Waals surface area (Å²) >= 11 is 0. The Morgan fingerprint density at radius 1 is 1.78 bits per heavy atom. The highest BCUT2D eigenvalue weighted by Crippen LogP contribution is 2.25. The monoisotopic (exact) mass is 254 g/mol. The molecule has 100 valence electrons. The molecule has 2 unspecified atom stereocenters. The van der Waals surface area contributed by atoms with E-state index in [1.54, 1.807) is 6.07 Å². The number of carbonyl (C=O) groups is 1. The number of hydrazine groups is 1. The summed E-state index contributed by atoms with van der Waals surface area (Å²) in [6, 6.07) is 1.71. The maximum atomic E-state index is 11.2. The first kappa shape index (κ1) is 13.0. The number of carbonyl (C=O) groups excluding carboxylic acids is 1. The molecule has 0 bridgehead atoms. The van der Waals surface area contributed by atoms with Gasteiger partial charge in [-0.05, 0) is 18.9 Å². The van der Waals surface area contributed by atoms with Crippen molar-refractivity contribution in [2.24, 2.45) is 11.8 Å². The maximum Gasteiger partial charge on any atom is 0.287 e. The first-order valence-electron chi connectivity index (χ1n) is 5.97. The molecule has 2 atom stereocenters. The molecule has 1 saturated heterocycles. The minimum Gasteiger partial charge on any atom is -0.395 e. The van der Waals surface area contributed by atoms with Gasteiger partial charge in [0.2, 0.25) is 0 Å². The largest absolute Gasteiger partial charge is 0.395 e. The molecule has 1 amide bonds. The van der Waals surface area contributed by atoms with Gasteiger partial charge in [-0.25, -0.2) is 5.84 Å². The summed E-state index contributed by atoms with van der Waals surface area (Å²) in [6.45, 7) is 3.70. The Hall–Kier alpha value is -1.44. The third kappa shape index (κ3) is 2.53. The van der Waals surface area contributed by atoms with E-state index in [-0.39, 0.29) is 18.3 Å². The number of likely N-dealkylation sites (tertiary alicyclic amines) is 1. The quantitative estimate of drug-likeness (QED) is 0.379. The smallest absolute Gasteiger partial charge is 0.287 e. The third-order valence-electron chi connectivity index (χ3n) is 3.47. The summed E-state index contributed by atoms with van der Waals surface area (Å²) in [6.07, 6.45) is 1.05. The van der Waals surface area contributed by atoms with Crippen LogP contribution in [-0.4, -0.2) is 40.3 Å².